The molecule has 0 aliphatic carbocycles. The third kappa shape index (κ3) is 2.41. The van der Waals surface area contributed by atoms with Crippen molar-refractivity contribution in [2.75, 3.05) is 0 Å². The lowest BCUT2D eigenvalue weighted by molar-refractivity contribution is 0.431. The minimum Gasteiger partial charge on any atom is -0.332 e. The van der Waals surface area contributed by atoms with Crippen LogP contribution in [0.1, 0.15) is 0 Å². The molecule has 0 radical (unpaired) electrons. The monoisotopic (exact) mass is 353 g/mol. The quantitative estimate of drug-likeness (QED) is 0.542. The van der Waals surface area contributed by atoms with Gasteiger partial charge in [0.05, 0.1) is 5.39 Å². The molecule has 3 heterocycles. The second-order valence-corrected chi connectivity index (χ2v) is 5.71. The number of fused-ring (bicyclic) bond motifs is 1. The van der Waals surface area contributed by atoms with Crippen LogP contribution in [0.3, 0.4) is 0 Å². The smallest absolute Gasteiger partial charge is 0.332 e. The van der Waals surface area contributed by atoms with Crippen molar-refractivity contribution in [2.24, 2.45) is 14.1 Å². The van der Waals surface area contributed by atoms with Gasteiger partial charge in [-0.2, -0.15) is 4.98 Å². The maximum atomic E-state index is 13.3. The summed E-state index contributed by atoms with van der Waals surface area (Å²) in [6.07, 6.45) is 0. The Balaban J connectivity index is 1.86. The highest BCUT2D eigenvalue weighted by Crippen LogP contribution is 2.22. The molecule has 4 aromatic rings. The maximum Gasteiger partial charge on any atom is 0.332 e. The minimum absolute atomic E-state index is 0.0966. The summed E-state index contributed by atoms with van der Waals surface area (Å²) in [4.78, 5) is 32.8. The van der Waals surface area contributed by atoms with E-state index in [1.807, 2.05) is 0 Å². The van der Waals surface area contributed by atoms with E-state index in [4.69, 9.17) is 4.52 Å². The molecule has 3 aromatic heterocycles. The lowest BCUT2D eigenvalue weighted by atomic mass is 10.2. The van der Waals surface area contributed by atoms with Crippen LogP contribution >= 0.6 is 0 Å². The van der Waals surface area contributed by atoms with Crippen LogP contribution in [0.5, 0.6) is 0 Å². The molecule has 0 N–H and O–H groups in total. The highest BCUT2D eigenvalue weighted by Gasteiger charge is 2.15. The average Bonchev–Trinajstić information content (AvgIpc) is 3.14. The van der Waals surface area contributed by atoms with Crippen LogP contribution in [0.15, 0.2) is 50.5 Å². The van der Waals surface area contributed by atoms with E-state index in [1.165, 1.54) is 30.8 Å². The summed E-state index contributed by atoms with van der Waals surface area (Å²) in [6.45, 7) is 0. The number of hydrogen-bond acceptors (Lipinski definition) is 6. The number of benzene rings is 1. The van der Waals surface area contributed by atoms with Gasteiger partial charge in [0.1, 0.15) is 17.2 Å². The summed E-state index contributed by atoms with van der Waals surface area (Å²) < 4.78 is 20.8. The van der Waals surface area contributed by atoms with Crippen LogP contribution in [-0.2, 0) is 14.1 Å². The zero-order chi connectivity index (χ0) is 18.4. The van der Waals surface area contributed by atoms with Crippen molar-refractivity contribution in [1.82, 2.24) is 24.3 Å². The largest absolute Gasteiger partial charge is 0.332 e. The summed E-state index contributed by atoms with van der Waals surface area (Å²) in [5.41, 5.74) is 0.0466. The van der Waals surface area contributed by atoms with Gasteiger partial charge in [0.15, 0.2) is 0 Å². The molecule has 0 aliphatic heterocycles. The van der Waals surface area contributed by atoms with Crippen molar-refractivity contribution < 1.29 is 8.91 Å². The van der Waals surface area contributed by atoms with Crippen LogP contribution in [0.25, 0.3) is 34.0 Å². The molecule has 0 saturated carbocycles. The van der Waals surface area contributed by atoms with Gasteiger partial charge >= 0.3 is 5.69 Å². The molecule has 0 unspecified atom stereocenters. The van der Waals surface area contributed by atoms with Crippen molar-refractivity contribution >= 4 is 11.0 Å². The molecule has 26 heavy (non-hydrogen) atoms. The minimum atomic E-state index is -0.488. The van der Waals surface area contributed by atoms with Gasteiger partial charge in [-0.15, -0.1) is 0 Å². The third-order valence-electron chi connectivity index (χ3n) is 4.03. The third-order valence-corrected chi connectivity index (χ3v) is 4.03. The number of pyridine rings is 1. The number of aromatic nitrogens is 5. The van der Waals surface area contributed by atoms with Crippen LogP contribution < -0.4 is 11.2 Å². The molecule has 0 aliphatic rings. The molecule has 0 fully saturated rings. The summed E-state index contributed by atoms with van der Waals surface area (Å²) in [6, 6.07) is 8.90. The molecule has 0 saturated heterocycles. The van der Waals surface area contributed by atoms with E-state index in [9.17, 15) is 14.0 Å². The molecule has 0 spiro atoms. The number of aryl methyl sites for hydroxylation is 1. The normalized spacial score (nSPS) is 11.2. The van der Waals surface area contributed by atoms with Crippen molar-refractivity contribution in [3.8, 4) is 23.0 Å². The van der Waals surface area contributed by atoms with Crippen LogP contribution in [0.2, 0.25) is 0 Å². The molecule has 130 valence electrons. The first-order valence-corrected chi connectivity index (χ1v) is 7.62. The number of nitrogens with zero attached hydrogens (tertiary/aromatic N) is 5. The topological polar surface area (TPSA) is 95.8 Å². The van der Waals surface area contributed by atoms with E-state index in [2.05, 4.69) is 15.1 Å². The summed E-state index contributed by atoms with van der Waals surface area (Å²) in [5, 5.41) is 4.12. The van der Waals surface area contributed by atoms with E-state index >= 15 is 0 Å². The molecule has 0 bridgehead atoms. The summed E-state index contributed by atoms with van der Waals surface area (Å²) in [7, 11) is 2.92. The van der Waals surface area contributed by atoms with E-state index in [0.29, 0.717) is 16.6 Å². The Morgan fingerprint density at radius 2 is 1.85 bits per heavy atom. The van der Waals surface area contributed by atoms with Gasteiger partial charge in [0.2, 0.25) is 5.82 Å². The molecule has 1 aromatic carbocycles. The van der Waals surface area contributed by atoms with E-state index < -0.39 is 17.1 Å². The molecule has 9 heteroatoms. The molecular weight excluding hydrogens is 341 g/mol. The lowest BCUT2D eigenvalue weighted by Crippen LogP contribution is -2.37. The first-order valence-electron chi connectivity index (χ1n) is 7.62. The van der Waals surface area contributed by atoms with Crippen LogP contribution in [0, 0.1) is 5.82 Å². The van der Waals surface area contributed by atoms with Crippen molar-refractivity contribution in [2.45, 2.75) is 0 Å². The second-order valence-electron chi connectivity index (χ2n) is 5.71. The first kappa shape index (κ1) is 15.9. The predicted molar refractivity (Wildman–Crippen MR) is 90.9 cm³/mol. The van der Waals surface area contributed by atoms with Crippen LogP contribution in [0.4, 0.5) is 4.39 Å². The molecule has 4 rings (SSSR count). The zero-order valence-corrected chi connectivity index (χ0v) is 13.8. The Kier molecular flexibility index (Phi) is 3.50. The first-order chi connectivity index (χ1) is 12.5. The fourth-order valence-corrected chi connectivity index (χ4v) is 2.65. The fraction of sp³-hybridized carbons (Fsp3) is 0.118. The van der Waals surface area contributed by atoms with Gasteiger partial charge in [-0.1, -0.05) is 17.3 Å². The van der Waals surface area contributed by atoms with E-state index in [0.717, 1.165) is 4.57 Å². The molecule has 0 atom stereocenters. The van der Waals surface area contributed by atoms with E-state index in [1.54, 1.807) is 24.3 Å². The standard InChI is InChI=1S/C17H12FN5O3/c1-22-14-11(16(24)23(2)17(22)25)6-7-12(19-14)15-20-13(21-26-15)9-4-3-5-10(18)8-9/h3-8H,1-2H3. The number of halogens is 1. The molecule has 0 amide bonds. The van der Waals surface area contributed by atoms with Gasteiger partial charge in [-0.25, -0.2) is 14.2 Å². The van der Waals surface area contributed by atoms with Crippen molar-refractivity contribution in [3.63, 3.8) is 0 Å². The van der Waals surface area contributed by atoms with Gasteiger partial charge in [0, 0.05) is 19.7 Å². The van der Waals surface area contributed by atoms with Crippen LogP contribution in [-0.4, -0.2) is 24.3 Å². The van der Waals surface area contributed by atoms with Gasteiger partial charge < -0.3 is 4.52 Å². The Hall–Kier alpha value is -3.62. The number of hydrogen-bond donors (Lipinski definition) is 0. The highest BCUT2D eigenvalue weighted by molar-refractivity contribution is 5.76. The molecular formula is C17H12FN5O3. The fourth-order valence-electron chi connectivity index (χ4n) is 2.65. The number of rotatable bonds is 2. The molecule has 8 nitrogen and oxygen atoms in total. The average molecular weight is 353 g/mol. The van der Waals surface area contributed by atoms with Gasteiger partial charge in [-0.05, 0) is 24.3 Å². The Morgan fingerprint density at radius 1 is 1.04 bits per heavy atom. The SMILES string of the molecule is Cn1c(=O)c2ccc(-c3nc(-c4cccc(F)c4)no3)nc2n(C)c1=O. The lowest BCUT2D eigenvalue weighted by Gasteiger charge is -2.06. The Bertz CT molecular complexity index is 1270. The maximum absolute atomic E-state index is 13.3. The van der Waals surface area contributed by atoms with Gasteiger partial charge in [0.25, 0.3) is 11.4 Å². The summed E-state index contributed by atoms with van der Waals surface area (Å²) >= 11 is 0. The predicted octanol–water partition coefficient (Wildman–Crippen LogP) is 1.49. The van der Waals surface area contributed by atoms with Crippen molar-refractivity contribution in [3.05, 3.63) is 63.1 Å². The Morgan fingerprint density at radius 3 is 2.62 bits per heavy atom. The van der Waals surface area contributed by atoms with Gasteiger partial charge in [-0.3, -0.25) is 13.9 Å². The second kappa shape index (κ2) is 5.73. The van der Waals surface area contributed by atoms with Crippen molar-refractivity contribution in [1.29, 1.82) is 0 Å². The highest BCUT2D eigenvalue weighted by atomic mass is 19.1. The zero-order valence-electron chi connectivity index (χ0n) is 13.8. The summed E-state index contributed by atoms with van der Waals surface area (Å²) in [5.74, 6) is -0.109. The van der Waals surface area contributed by atoms with E-state index in [-0.39, 0.29) is 17.4 Å². The Labute approximate surface area is 145 Å².